The third-order valence-electron chi connectivity index (χ3n) is 4.96. The summed E-state index contributed by atoms with van der Waals surface area (Å²) in [6.07, 6.45) is 0.783. The van der Waals surface area contributed by atoms with Crippen LogP contribution in [0.4, 0.5) is 5.69 Å². The van der Waals surface area contributed by atoms with Gasteiger partial charge in [0.15, 0.2) is 0 Å². The van der Waals surface area contributed by atoms with E-state index >= 15 is 0 Å². The van der Waals surface area contributed by atoms with Crippen LogP contribution in [0.1, 0.15) is 31.8 Å². The van der Waals surface area contributed by atoms with Crippen molar-refractivity contribution in [1.29, 1.82) is 0 Å². The number of carbonyl (C=O) groups excluding carboxylic acids is 2. The number of amides is 2. The van der Waals surface area contributed by atoms with Crippen LogP contribution >= 0.6 is 23.2 Å². The zero-order chi connectivity index (χ0) is 20.4. The molecule has 1 N–H and O–H groups in total. The molecule has 0 atom stereocenters. The smallest absolute Gasteiger partial charge is 0.257 e. The second kappa shape index (κ2) is 8.27. The molecule has 0 spiro atoms. The first kappa shape index (κ1) is 19.5. The van der Waals surface area contributed by atoms with Crippen LogP contribution in [-0.4, -0.2) is 23.3 Å². The summed E-state index contributed by atoms with van der Waals surface area (Å²) in [4.78, 5) is 27.2. The molecule has 0 saturated carbocycles. The summed E-state index contributed by atoms with van der Waals surface area (Å²) in [5.41, 5.74) is 3.91. The maximum absolute atomic E-state index is 12.8. The van der Waals surface area contributed by atoms with Crippen LogP contribution in [0.25, 0.3) is 0 Å². The van der Waals surface area contributed by atoms with Gasteiger partial charge in [0.1, 0.15) is 0 Å². The second-order valence-corrected chi connectivity index (χ2v) is 7.75. The van der Waals surface area contributed by atoms with E-state index < -0.39 is 0 Å². The van der Waals surface area contributed by atoms with E-state index in [2.05, 4.69) is 5.32 Å². The molecule has 0 fully saturated rings. The van der Waals surface area contributed by atoms with Crippen molar-refractivity contribution in [3.05, 3.63) is 99.0 Å². The lowest BCUT2D eigenvalue weighted by atomic mass is 9.98. The number of benzene rings is 3. The summed E-state index contributed by atoms with van der Waals surface area (Å²) in [6, 6.07) is 19.8. The van der Waals surface area contributed by atoms with Crippen LogP contribution in [0.3, 0.4) is 0 Å². The number of hydrogen-bond donors (Lipinski definition) is 1. The van der Waals surface area contributed by atoms with E-state index in [1.807, 2.05) is 53.4 Å². The highest BCUT2D eigenvalue weighted by Crippen LogP contribution is 2.26. The molecule has 1 aliphatic heterocycles. The normalized spacial score (nSPS) is 13.0. The molecule has 0 radical (unpaired) electrons. The molecule has 0 aliphatic carbocycles. The third-order valence-corrected chi connectivity index (χ3v) is 5.51. The van der Waals surface area contributed by atoms with Gasteiger partial charge in [-0.2, -0.15) is 0 Å². The molecule has 3 aromatic carbocycles. The number of halogens is 2. The molecule has 0 bridgehead atoms. The van der Waals surface area contributed by atoms with Gasteiger partial charge in [-0.25, -0.2) is 0 Å². The summed E-state index contributed by atoms with van der Waals surface area (Å²) >= 11 is 12.0. The van der Waals surface area contributed by atoms with Gasteiger partial charge in [0.05, 0.1) is 10.6 Å². The Morgan fingerprint density at radius 1 is 0.897 bits per heavy atom. The average Bonchev–Trinajstić information content (AvgIpc) is 2.73. The summed E-state index contributed by atoms with van der Waals surface area (Å²) in [6.45, 7) is 1.18. The Kier molecular flexibility index (Phi) is 5.56. The number of carbonyl (C=O) groups is 2. The largest absolute Gasteiger partial charge is 0.334 e. The molecule has 0 aromatic heterocycles. The summed E-state index contributed by atoms with van der Waals surface area (Å²) in [7, 11) is 0. The van der Waals surface area contributed by atoms with Crippen molar-refractivity contribution in [3.63, 3.8) is 0 Å². The monoisotopic (exact) mass is 424 g/mol. The lowest BCUT2D eigenvalue weighted by Crippen LogP contribution is -2.36. The van der Waals surface area contributed by atoms with Crippen molar-refractivity contribution in [2.45, 2.75) is 13.0 Å². The maximum Gasteiger partial charge on any atom is 0.257 e. The molecule has 3 aromatic rings. The molecule has 4 rings (SSSR count). The molecule has 1 aliphatic rings. The van der Waals surface area contributed by atoms with E-state index in [0.717, 1.165) is 12.0 Å². The van der Waals surface area contributed by atoms with Gasteiger partial charge in [0, 0.05) is 29.4 Å². The second-order valence-electron chi connectivity index (χ2n) is 6.90. The van der Waals surface area contributed by atoms with Crippen LogP contribution in [0, 0.1) is 0 Å². The highest BCUT2D eigenvalue weighted by Gasteiger charge is 2.22. The zero-order valence-electron chi connectivity index (χ0n) is 15.5. The minimum absolute atomic E-state index is 0.0126. The van der Waals surface area contributed by atoms with E-state index in [-0.39, 0.29) is 11.8 Å². The molecule has 29 heavy (non-hydrogen) atoms. The fourth-order valence-electron chi connectivity index (χ4n) is 3.44. The SMILES string of the molecule is O=C(Nc1ccc2c(c1)CN(C(=O)c1ccccc1)CC2)c1ccc(Cl)cc1Cl. The topological polar surface area (TPSA) is 49.4 Å². The molecular formula is C23H18Cl2N2O2. The highest BCUT2D eigenvalue weighted by atomic mass is 35.5. The Hall–Kier alpha value is -2.82. The maximum atomic E-state index is 12.8. The summed E-state index contributed by atoms with van der Waals surface area (Å²) in [5, 5.41) is 3.65. The van der Waals surface area contributed by atoms with Crippen LogP contribution < -0.4 is 5.32 Å². The molecule has 0 saturated heterocycles. The first-order chi connectivity index (χ1) is 14.0. The van der Waals surface area contributed by atoms with Gasteiger partial charge >= 0.3 is 0 Å². The van der Waals surface area contributed by atoms with Gasteiger partial charge in [0.25, 0.3) is 11.8 Å². The fourth-order valence-corrected chi connectivity index (χ4v) is 3.94. The number of anilines is 1. The van der Waals surface area contributed by atoms with E-state index in [1.54, 1.807) is 12.1 Å². The average molecular weight is 425 g/mol. The molecular weight excluding hydrogens is 407 g/mol. The van der Waals surface area contributed by atoms with Crippen LogP contribution in [0.2, 0.25) is 10.0 Å². The van der Waals surface area contributed by atoms with Crippen LogP contribution in [-0.2, 0) is 13.0 Å². The van der Waals surface area contributed by atoms with Gasteiger partial charge in [-0.15, -0.1) is 0 Å². The van der Waals surface area contributed by atoms with E-state index in [9.17, 15) is 9.59 Å². The van der Waals surface area contributed by atoms with E-state index in [4.69, 9.17) is 23.2 Å². The van der Waals surface area contributed by atoms with Crippen molar-refractivity contribution in [3.8, 4) is 0 Å². The van der Waals surface area contributed by atoms with Crippen molar-refractivity contribution in [1.82, 2.24) is 4.90 Å². The van der Waals surface area contributed by atoms with E-state index in [0.29, 0.717) is 39.9 Å². The number of fused-ring (bicyclic) bond motifs is 1. The Morgan fingerprint density at radius 2 is 1.69 bits per heavy atom. The quantitative estimate of drug-likeness (QED) is 0.607. The Morgan fingerprint density at radius 3 is 2.45 bits per heavy atom. The third kappa shape index (κ3) is 4.29. The fraction of sp³-hybridized carbons (Fsp3) is 0.130. The number of nitrogens with zero attached hydrogens (tertiary/aromatic N) is 1. The van der Waals surface area contributed by atoms with Crippen LogP contribution in [0.5, 0.6) is 0 Å². The lowest BCUT2D eigenvalue weighted by Gasteiger charge is -2.29. The van der Waals surface area contributed by atoms with Crippen LogP contribution in [0.15, 0.2) is 66.7 Å². The predicted octanol–water partition coefficient (Wildman–Crippen LogP) is 5.44. The van der Waals surface area contributed by atoms with Crippen molar-refractivity contribution in [2.75, 3.05) is 11.9 Å². The molecule has 0 unspecified atom stereocenters. The predicted molar refractivity (Wildman–Crippen MR) is 116 cm³/mol. The number of nitrogens with one attached hydrogen (secondary N) is 1. The molecule has 1 heterocycles. The Balaban J connectivity index is 1.51. The van der Waals surface area contributed by atoms with Crippen molar-refractivity contribution < 1.29 is 9.59 Å². The zero-order valence-corrected chi connectivity index (χ0v) is 17.0. The van der Waals surface area contributed by atoms with Gasteiger partial charge in [-0.1, -0.05) is 47.5 Å². The molecule has 2 amide bonds. The summed E-state index contributed by atoms with van der Waals surface area (Å²) in [5.74, 6) is -0.293. The number of hydrogen-bond acceptors (Lipinski definition) is 2. The molecule has 146 valence electrons. The minimum Gasteiger partial charge on any atom is -0.334 e. The van der Waals surface area contributed by atoms with Gasteiger partial charge < -0.3 is 10.2 Å². The van der Waals surface area contributed by atoms with E-state index in [1.165, 1.54) is 11.6 Å². The number of rotatable bonds is 3. The van der Waals surface area contributed by atoms with Gasteiger partial charge in [0.2, 0.25) is 0 Å². The Labute approximate surface area is 179 Å². The molecule has 4 nitrogen and oxygen atoms in total. The van der Waals surface area contributed by atoms with Crippen molar-refractivity contribution >= 4 is 40.7 Å². The summed E-state index contributed by atoms with van der Waals surface area (Å²) < 4.78 is 0. The Bertz CT molecular complexity index is 1080. The first-order valence-electron chi connectivity index (χ1n) is 9.24. The van der Waals surface area contributed by atoms with Crippen molar-refractivity contribution in [2.24, 2.45) is 0 Å². The van der Waals surface area contributed by atoms with Gasteiger partial charge in [-0.05, 0) is 60.0 Å². The minimum atomic E-state index is -0.306. The molecule has 6 heteroatoms. The first-order valence-corrected chi connectivity index (χ1v) is 9.99. The lowest BCUT2D eigenvalue weighted by molar-refractivity contribution is 0.0734. The van der Waals surface area contributed by atoms with Gasteiger partial charge in [-0.3, -0.25) is 9.59 Å². The highest BCUT2D eigenvalue weighted by molar-refractivity contribution is 6.37. The standard InChI is InChI=1S/C23H18Cl2N2O2/c24-18-7-9-20(21(25)13-18)22(28)26-19-8-6-15-10-11-27(14-17(15)12-19)23(29)16-4-2-1-3-5-16/h1-9,12-13H,10-11,14H2,(H,26,28).